The summed E-state index contributed by atoms with van der Waals surface area (Å²) in [6.07, 6.45) is -0.522. The lowest BCUT2D eigenvalue weighted by molar-refractivity contribution is 0.169. The average Bonchev–Trinajstić information content (AvgIpc) is 2.52. The van der Waals surface area contributed by atoms with Crippen LogP contribution in [0.25, 0.3) is 0 Å². The first-order chi connectivity index (χ1) is 10.2. The van der Waals surface area contributed by atoms with E-state index in [-0.39, 0.29) is 0 Å². The molecule has 3 rings (SSSR count). The zero-order valence-electron chi connectivity index (χ0n) is 11.9. The lowest BCUT2D eigenvalue weighted by atomic mass is 10.1. The fraction of sp³-hybridized carbons (Fsp3) is 0.294. The van der Waals surface area contributed by atoms with Gasteiger partial charge in [-0.05, 0) is 36.8 Å². The molecule has 0 bridgehead atoms. The number of aryl methyl sites for hydroxylation is 1. The van der Waals surface area contributed by atoms with E-state index in [4.69, 9.17) is 9.47 Å². The van der Waals surface area contributed by atoms with Crippen molar-refractivity contribution in [2.24, 2.45) is 0 Å². The van der Waals surface area contributed by atoms with E-state index in [1.54, 1.807) is 11.8 Å². The van der Waals surface area contributed by atoms with Crippen LogP contribution in [0, 0.1) is 6.92 Å². The molecule has 4 heteroatoms. The molecule has 1 N–H and O–H groups in total. The van der Waals surface area contributed by atoms with Crippen LogP contribution in [0.4, 0.5) is 0 Å². The van der Waals surface area contributed by atoms with Crippen LogP contribution in [0.3, 0.4) is 0 Å². The Morgan fingerprint density at radius 2 is 1.90 bits per heavy atom. The summed E-state index contributed by atoms with van der Waals surface area (Å²) in [5, 5.41) is 10.3. The Morgan fingerprint density at radius 1 is 1.10 bits per heavy atom. The van der Waals surface area contributed by atoms with Crippen molar-refractivity contribution in [2.45, 2.75) is 17.9 Å². The third kappa shape index (κ3) is 3.52. The molecule has 0 amide bonds. The van der Waals surface area contributed by atoms with Gasteiger partial charge < -0.3 is 14.6 Å². The molecular weight excluding hydrogens is 284 g/mol. The molecule has 1 aliphatic heterocycles. The summed E-state index contributed by atoms with van der Waals surface area (Å²) >= 11 is 1.65. The van der Waals surface area contributed by atoms with E-state index in [1.807, 2.05) is 24.3 Å². The molecule has 2 aromatic carbocycles. The minimum Gasteiger partial charge on any atom is -0.486 e. The number of rotatable bonds is 4. The van der Waals surface area contributed by atoms with E-state index in [9.17, 15) is 5.11 Å². The van der Waals surface area contributed by atoms with Gasteiger partial charge in [0.25, 0.3) is 0 Å². The second-order valence-corrected chi connectivity index (χ2v) is 6.14. The molecule has 110 valence electrons. The van der Waals surface area contributed by atoms with E-state index in [1.165, 1.54) is 10.5 Å². The zero-order chi connectivity index (χ0) is 14.7. The van der Waals surface area contributed by atoms with Gasteiger partial charge in [0.2, 0.25) is 0 Å². The Morgan fingerprint density at radius 3 is 2.71 bits per heavy atom. The molecule has 0 radical (unpaired) electrons. The highest BCUT2D eigenvalue weighted by Crippen LogP contribution is 2.34. The molecule has 2 aromatic rings. The van der Waals surface area contributed by atoms with Crippen molar-refractivity contribution >= 4 is 11.8 Å². The van der Waals surface area contributed by atoms with Gasteiger partial charge in [-0.3, -0.25) is 0 Å². The predicted octanol–water partition coefficient (Wildman–Crippen LogP) is 3.59. The predicted molar refractivity (Wildman–Crippen MR) is 84.3 cm³/mol. The molecule has 21 heavy (non-hydrogen) atoms. The van der Waals surface area contributed by atoms with Crippen LogP contribution in [0.5, 0.6) is 11.5 Å². The van der Waals surface area contributed by atoms with E-state index < -0.39 is 6.10 Å². The number of benzene rings is 2. The van der Waals surface area contributed by atoms with Crippen LogP contribution in [0.1, 0.15) is 17.2 Å². The van der Waals surface area contributed by atoms with Gasteiger partial charge in [-0.2, -0.15) is 0 Å². The fourth-order valence-corrected chi connectivity index (χ4v) is 3.23. The fourth-order valence-electron chi connectivity index (χ4n) is 2.24. The minimum absolute atomic E-state index is 0.522. The lowest BCUT2D eigenvalue weighted by Crippen LogP contribution is -2.15. The van der Waals surface area contributed by atoms with Gasteiger partial charge >= 0.3 is 0 Å². The molecule has 0 saturated carbocycles. The summed E-state index contributed by atoms with van der Waals surface area (Å²) in [5.41, 5.74) is 2.09. The number of fused-ring (bicyclic) bond motifs is 1. The van der Waals surface area contributed by atoms with Crippen molar-refractivity contribution in [2.75, 3.05) is 19.0 Å². The number of aliphatic hydroxyl groups is 1. The maximum atomic E-state index is 10.3. The standard InChI is InChI=1S/C17H18O3S/c1-12-3-2-4-14(9-12)21-11-15(18)13-5-6-16-17(10-13)20-8-7-19-16/h2-6,9-10,15,18H,7-8,11H2,1H3. The first-order valence-corrected chi connectivity index (χ1v) is 7.98. The van der Waals surface area contributed by atoms with Gasteiger partial charge in [-0.15, -0.1) is 11.8 Å². The van der Waals surface area contributed by atoms with E-state index in [0.717, 1.165) is 17.1 Å². The smallest absolute Gasteiger partial charge is 0.161 e. The Labute approximate surface area is 128 Å². The number of aliphatic hydroxyl groups excluding tert-OH is 1. The van der Waals surface area contributed by atoms with Crippen molar-refractivity contribution in [1.82, 2.24) is 0 Å². The Hall–Kier alpha value is -1.65. The second-order valence-electron chi connectivity index (χ2n) is 5.05. The molecule has 0 aromatic heterocycles. The summed E-state index contributed by atoms with van der Waals surface area (Å²) in [7, 11) is 0. The monoisotopic (exact) mass is 302 g/mol. The van der Waals surface area contributed by atoms with Crippen molar-refractivity contribution < 1.29 is 14.6 Å². The largest absolute Gasteiger partial charge is 0.486 e. The molecule has 0 aliphatic carbocycles. The molecule has 1 heterocycles. The Bertz CT molecular complexity index is 627. The zero-order valence-corrected chi connectivity index (χ0v) is 12.7. The van der Waals surface area contributed by atoms with Crippen molar-refractivity contribution in [3.63, 3.8) is 0 Å². The van der Waals surface area contributed by atoms with Gasteiger partial charge in [0.1, 0.15) is 13.2 Å². The highest BCUT2D eigenvalue weighted by Gasteiger charge is 2.15. The molecule has 0 fully saturated rings. The molecule has 3 nitrogen and oxygen atoms in total. The maximum absolute atomic E-state index is 10.3. The summed E-state index contributed by atoms with van der Waals surface area (Å²) < 4.78 is 11.0. The number of ether oxygens (including phenoxy) is 2. The van der Waals surface area contributed by atoms with Crippen molar-refractivity contribution in [3.05, 3.63) is 53.6 Å². The Balaban J connectivity index is 1.66. The van der Waals surface area contributed by atoms with Crippen LogP contribution < -0.4 is 9.47 Å². The first-order valence-electron chi connectivity index (χ1n) is 6.99. The van der Waals surface area contributed by atoms with Crippen LogP contribution in [-0.2, 0) is 0 Å². The number of hydrogen-bond acceptors (Lipinski definition) is 4. The third-order valence-corrected chi connectivity index (χ3v) is 4.42. The quantitative estimate of drug-likeness (QED) is 0.876. The summed E-state index contributed by atoms with van der Waals surface area (Å²) in [4.78, 5) is 1.17. The summed E-state index contributed by atoms with van der Waals surface area (Å²) in [6.45, 7) is 3.21. The van der Waals surface area contributed by atoms with Crippen LogP contribution in [0.2, 0.25) is 0 Å². The van der Waals surface area contributed by atoms with E-state index in [2.05, 4.69) is 25.1 Å². The van der Waals surface area contributed by atoms with Gasteiger partial charge in [-0.1, -0.05) is 23.8 Å². The first kappa shape index (κ1) is 14.3. The van der Waals surface area contributed by atoms with Crippen LogP contribution in [0.15, 0.2) is 47.4 Å². The van der Waals surface area contributed by atoms with Gasteiger partial charge in [0.05, 0.1) is 6.10 Å². The van der Waals surface area contributed by atoms with Gasteiger partial charge in [-0.25, -0.2) is 0 Å². The SMILES string of the molecule is Cc1cccc(SCC(O)c2ccc3c(c2)OCCO3)c1. The summed E-state index contributed by atoms with van der Waals surface area (Å²) in [5.74, 6) is 2.09. The highest BCUT2D eigenvalue weighted by atomic mass is 32.2. The normalized spacial score (nSPS) is 14.8. The van der Waals surface area contributed by atoms with Gasteiger partial charge in [0, 0.05) is 10.6 Å². The van der Waals surface area contributed by atoms with Crippen molar-refractivity contribution in [1.29, 1.82) is 0 Å². The molecule has 0 spiro atoms. The number of hydrogen-bond donors (Lipinski definition) is 1. The summed E-state index contributed by atoms with van der Waals surface area (Å²) in [6, 6.07) is 13.9. The van der Waals surface area contributed by atoms with Crippen LogP contribution in [-0.4, -0.2) is 24.1 Å². The average molecular weight is 302 g/mol. The highest BCUT2D eigenvalue weighted by molar-refractivity contribution is 7.99. The molecule has 1 aliphatic rings. The molecule has 1 unspecified atom stereocenters. The molecular formula is C17H18O3S. The molecule has 1 atom stereocenters. The van der Waals surface area contributed by atoms with Crippen molar-refractivity contribution in [3.8, 4) is 11.5 Å². The maximum Gasteiger partial charge on any atom is 0.161 e. The van der Waals surface area contributed by atoms with E-state index >= 15 is 0 Å². The molecule has 0 saturated heterocycles. The topological polar surface area (TPSA) is 38.7 Å². The Kier molecular flexibility index (Phi) is 4.36. The lowest BCUT2D eigenvalue weighted by Gasteiger charge is -2.20. The van der Waals surface area contributed by atoms with Gasteiger partial charge in [0.15, 0.2) is 11.5 Å². The van der Waals surface area contributed by atoms with E-state index in [0.29, 0.717) is 19.0 Å². The number of thioether (sulfide) groups is 1. The second kappa shape index (κ2) is 6.41. The minimum atomic E-state index is -0.522. The van der Waals surface area contributed by atoms with Crippen LogP contribution >= 0.6 is 11.8 Å². The third-order valence-electron chi connectivity index (χ3n) is 3.35.